The third-order valence-corrected chi connectivity index (χ3v) is 7.24. The smallest absolute Gasteiger partial charge is 0.271 e. The molecule has 0 atom stereocenters. The highest BCUT2D eigenvalue weighted by molar-refractivity contribution is 9.10. The van der Waals surface area contributed by atoms with Crippen molar-refractivity contribution >= 4 is 28.1 Å². The second-order valence-electron chi connectivity index (χ2n) is 9.88. The standard InChI is InChI=1S/C36H31BrN2O6/c1-42-31-18-28(17-30(37)34(31)40)21-38-39-36(41)29-19-32(43-22-25-11-5-2-6-12-25)35(45-24-27-15-9-4-10-16-27)33(20-29)44-23-26-13-7-3-8-14-26/h2-21,40H,22-24H2,1H3,(H,39,41)/b38-21-. The van der Waals surface area contributed by atoms with Gasteiger partial charge in [-0.2, -0.15) is 5.10 Å². The van der Waals surface area contributed by atoms with E-state index >= 15 is 0 Å². The van der Waals surface area contributed by atoms with Crippen molar-refractivity contribution < 1.29 is 28.8 Å². The van der Waals surface area contributed by atoms with Crippen molar-refractivity contribution in [2.75, 3.05) is 7.11 Å². The molecule has 0 aromatic heterocycles. The molecule has 0 saturated heterocycles. The van der Waals surface area contributed by atoms with Gasteiger partial charge in [0.05, 0.1) is 17.8 Å². The van der Waals surface area contributed by atoms with Crippen molar-refractivity contribution in [3.63, 3.8) is 0 Å². The molecule has 228 valence electrons. The van der Waals surface area contributed by atoms with Crippen LogP contribution < -0.4 is 24.4 Å². The van der Waals surface area contributed by atoms with Crippen molar-refractivity contribution in [2.45, 2.75) is 19.8 Å². The molecule has 0 aliphatic carbocycles. The van der Waals surface area contributed by atoms with E-state index in [1.165, 1.54) is 13.3 Å². The number of rotatable bonds is 13. The second-order valence-corrected chi connectivity index (χ2v) is 10.7. The maximum atomic E-state index is 13.4. The van der Waals surface area contributed by atoms with E-state index in [2.05, 4.69) is 26.5 Å². The highest BCUT2D eigenvalue weighted by Crippen LogP contribution is 2.40. The minimum Gasteiger partial charge on any atom is -0.503 e. The molecule has 45 heavy (non-hydrogen) atoms. The predicted octanol–water partition coefficient (Wildman–Crippen LogP) is 7.66. The summed E-state index contributed by atoms with van der Waals surface area (Å²) in [6.45, 7) is 0.772. The third kappa shape index (κ3) is 8.64. The Bertz CT molecular complexity index is 1680. The molecule has 0 spiro atoms. The van der Waals surface area contributed by atoms with Crippen molar-refractivity contribution in [3.8, 4) is 28.7 Å². The number of aromatic hydroxyl groups is 1. The number of carbonyl (C=O) groups is 1. The van der Waals surface area contributed by atoms with Crippen LogP contribution in [0.15, 0.2) is 125 Å². The molecule has 0 bridgehead atoms. The summed E-state index contributed by atoms with van der Waals surface area (Å²) in [5.74, 6) is 0.831. The second kappa shape index (κ2) is 15.4. The SMILES string of the molecule is COc1cc(/C=N\NC(=O)c2cc(OCc3ccccc3)c(OCc3ccccc3)c(OCc3ccccc3)c2)cc(Br)c1O. The van der Waals surface area contributed by atoms with Crippen LogP contribution in [0, 0.1) is 0 Å². The molecule has 0 fully saturated rings. The van der Waals surface area contributed by atoms with Gasteiger partial charge in [-0.3, -0.25) is 4.79 Å². The van der Waals surface area contributed by atoms with Gasteiger partial charge in [0.25, 0.3) is 5.91 Å². The minimum atomic E-state index is -0.486. The molecule has 0 unspecified atom stereocenters. The molecule has 1 amide bonds. The zero-order valence-electron chi connectivity index (χ0n) is 24.5. The number of phenolic OH excluding ortho intramolecular Hbond substituents is 1. The molecule has 2 N–H and O–H groups in total. The lowest BCUT2D eigenvalue weighted by Crippen LogP contribution is -2.18. The van der Waals surface area contributed by atoms with Gasteiger partial charge in [-0.15, -0.1) is 0 Å². The summed E-state index contributed by atoms with van der Waals surface area (Å²) in [5, 5.41) is 14.2. The summed E-state index contributed by atoms with van der Waals surface area (Å²) < 4.78 is 24.4. The predicted molar refractivity (Wildman–Crippen MR) is 176 cm³/mol. The largest absolute Gasteiger partial charge is 0.503 e. The van der Waals surface area contributed by atoms with Gasteiger partial charge in [-0.05, 0) is 62.4 Å². The lowest BCUT2D eigenvalue weighted by Gasteiger charge is -2.19. The monoisotopic (exact) mass is 666 g/mol. The van der Waals surface area contributed by atoms with Gasteiger partial charge in [0.15, 0.2) is 23.0 Å². The maximum absolute atomic E-state index is 13.4. The van der Waals surface area contributed by atoms with Gasteiger partial charge in [0.2, 0.25) is 5.75 Å². The first-order chi connectivity index (χ1) is 22.0. The quantitative estimate of drug-likeness (QED) is 0.0989. The van der Waals surface area contributed by atoms with E-state index in [1.807, 2.05) is 91.0 Å². The molecule has 0 heterocycles. The number of nitrogens with one attached hydrogen (secondary N) is 1. The molecule has 0 aliphatic heterocycles. The molecule has 0 saturated carbocycles. The molecular formula is C36H31BrN2O6. The van der Waals surface area contributed by atoms with Gasteiger partial charge >= 0.3 is 0 Å². The fraction of sp³-hybridized carbons (Fsp3) is 0.111. The van der Waals surface area contributed by atoms with Crippen LogP contribution in [-0.4, -0.2) is 24.3 Å². The Labute approximate surface area is 270 Å². The van der Waals surface area contributed by atoms with Crippen molar-refractivity contribution in [1.82, 2.24) is 5.43 Å². The minimum absolute atomic E-state index is 0.0284. The molecule has 0 aliphatic rings. The number of nitrogens with zero attached hydrogens (tertiary/aromatic N) is 1. The first-order valence-electron chi connectivity index (χ1n) is 14.1. The van der Waals surface area contributed by atoms with Gasteiger partial charge in [-0.1, -0.05) is 91.0 Å². The van der Waals surface area contributed by atoms with Gasteiger partial charge in [0.1, 0.15) is 19.8 Å². The highest BCUT2D eigenvalue weighted by atomic mass is 79.9. The van der Waals surface area contributed by atoms with E-state index in [0.717, 1.165) is 16.7 Å². The summed E-state index contributed by atoms with van der Waals surface area (Å²) in [5.41, 5.74) is 6.29. The van der Waals surface area contributed by atoms with Gasteiger partial charge in [0, 0.05) is 5.56 Å². The van der Waals surface area contributed by atoms with E-state index in [4.69, 9.17) is 18.9 Å². The Morgan fingerprint density at radius 1 is 0.733 bits per heavy atom. The molecule has 5 aromatic carbocycles. The van der Waals surface area contributed by atoms with Gasteiger partial charge in [-0.25, -0.2) is 5.43 Å². The number of halogens is 1. The van der Waals surface area contributed by atoms with E-state index in [0.29, 0.717) is 27.3 Å². The van der Waals surface area contributed by atoms with Crippen molar-refractivity contribution in [3.05, 3.63) is 148 Å². The molecule has 5 aromatic rings. The van der Waals surface area contributed by atoms with Crippen LogP contribution in [-0.2, 0) is 19.8 Å². The average molecular weight is 668 g/mol. The third-order valence-electron chi connectivity index (χ3n) is 6.63. The Hall–Kier alpha value is -5.28. The van der Waals surface area contributed by atoms with Crippen molar-refractivity contribution in [1.29, 1.82) is 0 Å². The number of carbonyl (C=O) groups excluding carboxylic acids is 1. The van der Waals surface area contributed by atoms with Crippen LogP contribution in [0.4, 0.5) is 0 Å². The zero-order chi connectivity index (χ0) is 31.4. The van der Waals surface area contributed by atoms with E-state index in [-0.39, 0.29) is 36.9 Å². The Morgan fingerprint density at radius 2 is 1.22 bits per heavy atom. The lowest BCUT2D eigenvalue weighted by atomic mass is 10.1. The molecular weight excluding hydrogens is 636 g/mol. The number of hydrazone groups is 1. The number of hydrogen-bond donors (Lipinski definition) is 2. The number of amides is 1. The maximum Gasteiger partial charge on any atom is 0.271 e. The summed E-state index contributed by atoms with van der Waals surface area (Å²) in [4.78, 5) is 13.4. The number of methoxy groups -OCH3 is 1. The fourth-order valence-electron chi connectivity index (χ4n) is 4.32. The number of hydrogen-bond acceptors (Lipinski definition) is 7. The van der Waals surface area contributed by atoms with Crippen LogP contribution in [0.5, 0.6) is 28.7 Å². The summed E-state index contributed by atoms with van der Waals surface area (Å²) in [6.07, 6.45) is 1.45. The van der Waals surface area contributed by atoms with E-state index < -0.39 is 5.91 Å². The molecule has 0 radical (unpaired) electrons. The van der Waals surface area contributed by atoms with Crippen LogP contribution in [0.2, 0.25) is 0 Å². The zero-order valence-corrected chi connectivity index (χ0v) is 26.1. The first kappa shape index (κ1) is 31.2. The Morgan fingerprint density at radius 3 is 1.71 bits per heavy atom. The Balaban J connectivity index is 1.45. The molecule has 5 rings (SSSR count). The normalized spacial score (nSPS) is 10.8. The highest BCUT2D eigenvalue weighted by Gasteiger charge is 2.20. The van der Waals surface area contributed by atoms with Gasteiger partial charge < -0.3 is 24.1 Å². The van der Waals surface area contributed by atoms with Crippen LogP contribution in [0.25, 0.3) is 0 Å². The first-order valence-corrected chi connectivity index (χ1v) is 14.9. The van der Waals surface area contributed by atoms with Crippen LogP contribution in [0.1, 0.15) is 32.6 Å². The Kier molecular flexibility index (Phi) is 10.7. The number of phenols is 1. The lowest BCUT2D eigenvalue weighted by molar-refractivity contribution is 0.0953. The van der Waals surface area contributed by atoms with Crippen LogP contribution in [0.3, 0.4) is 0 Å². The summed E-state index contributed by atoms with van der Waals surface area (Å²) >= 11 is 3.29. The average Bonchev–Trinajstić information content (AvgIpc) is 3.08. The van der Waals surface area contributed by atoms with E-state index in [1.54, 1.807) is 24.3 Å². The molecule has 9 heteroatoms. The van der Waals surface area contributed by atoms with Crippen molar-refractivity contribution in [2.24, 2.45) is 5.10 Å². The number of ether oxygens (including phenoxy) is 4. The topological polar surface area (TPSA) is 98.6 Å². The summed E-state index contributed by atoms with van der Waals surface area (Å²) in [7, 11) is 1.45. The van der Waals surface area contributed by atoms with Crippen LogP contribution >= 0.6 is 15.9 Å². The number of benzene rings is 5. The summed E-state index contributed by atoms with van der Waals surface area (Å²) in [6, 6.07) is 35.7. The van der Waals surface area contributed by atoms with E-state index in [9.17, 15) is 9.90 Å². The molecule has 8 nitrogen and oxygen atoms in total. The fourth-order valence-corrected chi connectivity index (χ4v) is 4.78.